The van der Waals surface area contributed by atoms with E-state index in [1.54, 1.807) is 13.8 Å². The fraction of sp³-hybridized carbons (Fsp3) is 0.357. The van der Waals surface area contributed by atoms with E-state index in [0.717, 1.165) is 11.3 Å². The summed E-state index contributed by atoms with van der Waals surface area (Å²) in [4.78, 5) is 42.9. The Balaban J connectivity index is 2.45. The number of carbonyl (C=O) groups is 3. The zero-order valence-electron chi connectivity index (χ0n) is 12.9. The number of ether oxygens (including phenoxy) is 1. The lowest BCUT2D eigenvalue weighted by atomic mass is 10.1. The average molecular weight is 353 g/mol. The lowest BCUT2D eigenvalue weighted by Crippen LogP contribution is -2.32. The molecule has 2 rings (SSSR count). The van der Waals surface area contributed by atoms with Gasteiger partial charge in [0.25, 0.3) is 0 Å². The van der Waals surface area contributed by atoms with E-state index in [0.29, 0.717) is 20.7 Å². The van der Waals surface area contributed by atoms with Crippen LogP contribution in [0.4, 0.5) is 5.82 Å². The summed E-state index contributed by atoms with van der Waals surface area (Å²) in [5.74, 6) is -2.90. The first kappa shape index (κ1) is 17.6. The second kappa shape index (κ2) is 7.21. The Kier molecular flexibility index (Phi) is 5.29. The third-order valence-corrected chi connectivity index (χ3v) is 4.36. The number of nitrogens with zero attached hydrogens (tertiary/aromatic N) is 2. The number of carbonyl (C=O) groups excluding carboxylic acids is 1. The van der Waals surface area contributed by atoms with E-state index >= 15 is 0 Å². The maximum atomic E-state index is 12.0. The van der Waals surface area contributed by atoms with Crippen molar-refractivity contribution in [2.45, 2.75) is 26.3 Å². The molecule has 24 heavy (non-hydrogen) atoms. The molecule has 10 heteroatoms. The first-order chi connectivity index (χ1) is 11.3. The number of aromatic nitrogens is 2. The van der Waals surface area contributed by atoms with Gasteiger partial charge in [0, 0.05) is 0 Å². The highest BCUT2D eigenvalue weighted by Crippen LogP contribution is 2.34. The van der Waals surface area contributed by atoms with Crippen LogP contribution in [0.25, 0.3) is 10.2 Å². The fourth-order valence-corrected chi connectivity index (χ4v) is 3.15. The molecule has 0 saturated heterocycles. The van der Waals surface area contributed by atoms with E-state index in [4.69, 9.17) is 14.9 Å². The number of nitrogens with one attached hydrogen (secondary N) is 1. The summed E-state index contributed by atoms with van der Waals surface area (Å²) in [6.45, 7) is 3.59. The largest absolute Gasteiger partial charge is 0.481 e. The number of anilines is 1. The molecule has 0 fully saturated rings. The van der Waals surface area contributed by atoms with Crippen LogP contribution >= 0.6 is 11.3 Å². The zero-order valence-corrected chi connectivity index (χ0v) is 13.7. The molecule has 0 bridgehead atoms. The van der Waals surface area contributed by atoms with E-state index in [-0.39, 0.29) is 12.4 Å². The molecular formula is C14H15N3O6S. The van der Waals surface area contributed by atoms with Gasteiger partial charge in [0.1, 0.15) is 27.9 Å². The third-order valence-electron chi connectivity index (χ3n) is 3.18. The van der Waals surface area contributed by atoms with Gasteiger partial charge in [-0.3, -0.25) is 4.79 Å². The van der Waals surface area contributed by atoms with Crippen molar-refractivity contribution in [3.8, 4) is 0 Å². The Labute approximate surface area is 140 Å². The van der Waals surface area contributed by atoms with Crippen LogP contribution in [-0.4, -0.2) is 50.7 Å². The van der Waals surface area contributed by atoms with Crippen LogP contribution in [0, 0.1) is 6.92 Å². The molecule has 9 nitrogen and oxygen atoms in total. The summed E-state index contributed by atoms with van der Waals surface area (Å²) < 4.78 is 4.98. The molecule has 1 atom stereocenters. The van der Waals surface area contributed by atoms with Crippen molar-refractivity contribution >= 4 is 45.3 Å². The molecule has 128 valence electrons. The third kappa shape index (κ3) is 3.59. The molecule has 0 aromatic carbocycles. The summed E-state index contributed by atoms with van der Waals surface area (Å²) >= 11 is 1.11. The molecule has 0 amide bonds. The number of thiophene rings is 1. The Morgan fingerprint density at radius 3 is 2.62 bits per heavy atom. The predicted molar refractivity (Wildman–Crippen MR) is 85.4 cm³/mol. The molecular weight excluding hydrogens is 338 g/mol. The van der Waals surface area contributed by atoms with Crippen molar-refractivity contribution in [2.75, 3.05) is 11.9 Å². The van der Waals surface area contributed by atoms with Gasteiger partial charge in [0.05, 0.1) is 18.4 Å². The zero-order chi connectivity index (χ0) is 17.9. The van der Waals surface area contributed by atoms with Gasteiger partial charge in [-0.25, -0.2) is 19.6 Å². The smallest absolute Gasteiger partial charge is 0.348 e. The van der Waals surface area contributed by atoms with Crippen LogP contribution in [0.3, 0.4) is 0 Å². The molecule has 0 saturated carbocycles. The monoisotopic (exact) mass is 353 g/mol. The van der Waals surface area contributed by atoms with Crippen LogP contribution in [-0.2, 0) is 14.3 Å². The molecule has 0 aliphatic rings. The molecule has 0 aliphatic heterocycles. The second-order valence-electron chi connectivity index (χ2n) is 4.81. The minimum atomic E-state index is -1.36. The number of fused-ring (bicyclic) bond motifs is 1. The van der Waals surface area contributed by atoms with E-state index in [2.05, 4.69) is 15.3 Å². The predicted octanol–water partition coefficient (Wildman–Crippen LogP) is 1.52. The van der Waals surface area contributed by atoms with Crippen molar-refractivity contribution in [3.05, 3.63) is 16.8 Å². The van der Waals surface area contributed by atoms with Gasteiger partial charge in [-0.05, 0) is 19.4 Å². The van der Waals surface area contributed by atoms with E-state index in [1.165, 1.54) is 6.33 Å². The number of hydrogen-bond donors (Lipinski definition) is 3. The van der Waals surface area contributed by atoms with Crippen molar-refractivity contribution in [1.29, 1.82) is 0 Å². The fourth-order valence-electron chi connectivity index (χ4n) is 2.11. The van der Waals surface area contributed by atoms with Gasteiger partial charge in [-0.2, -0.15) is 0 Å². The van der Waals surface area contributed by atoms with Crippen molar-refractivity contribution in [1.82, 2.24) is 9.97 Å². The van der Waals surface area contributed by atoms with Crippen molar-refractivity contribution in [2.24, 2.45) is 0 Å². The SMILES string of the molecule is CCOC(=O)c1sc2ncnc(N[C@@H](CC(=O)O)C(=O)O)c2c1C. The van der Waals surface area contributed by atoms with Crippen LogP contribution in [0.5, 0.6) is 0 Å². The Bertz CT molecular complexity index is 803. The van der Waals surface area contributed by atoms with Crippen LogP contribution in [0.15, 0.2) is 6.33 Å². The second-order valence-corrected chi connectivity index (χ2v) is 5.81. The Morgan fingerprint density at radius 2 is 2.04 bits per heavy atom. The summed E-state index contributed by atoms with van der Waals surface area (Å²) in [7, 11) is 0. The quantitative estimate of drug-likeness (QED) is 0.632. The molecule has 3 N–H and O–H groups in total. The highest BCUT2D eigenvalue weighted by atomic mass is 32.1. The minimum Gasteiger partial charge on any atom is -0.481 e. The summed E-state index contributed by atoms with van der Waals surface area (Å²) in [5, 5.41) is 21.0. The van der Waals surface area contributed by atoms with Gasteiger partial charge in [-0.15, -0.1) is 11.3 Å². The lowest BCUT2D eigenvalue weighted by Gasteiger charge is -2.13. The van der Waals surface area contributed by atoms with Gasteiger partial charge in [0.2, 0.25) is 0 Å². The first-order valence-electron chi connectivity index (χ1n) is 6.97. The molecule has 0 unspecified atom stereocenters. The number of hydrogen-bond acceptors (Lipinski definition) is 8. The van der Waals surface area contributed by atoms with Crippen LogP contribution in [0.1, 0.15) is 28.6 Å². The number of aliphatic carboxylic acids is 2. The molecule has 2 heterocycles. The van der Waals surface area contributed by atoms with E-state index in [1.807, 2.05) is 0 Å². The first-order valence-corrected chi connectivity index (χ1v) is 7.79. The molecule has 2 aromatic rings. The summed E-state index contributed by atoms with van der Waals surface area (Å²) in [6, 6.07) is -1.36. The van der Waals surface area contributed by atoms with E-state index in [9.17, 15) is 14.4 Å². The van der Waals surface area contributed by atoms with Crippen molar-refractivity contribution in [3.63, 3.8) is 0 Å². The Hall–Kier alpha value is -2.75. The van der Waals surface area contributed by atoms with Gasteiger partial charge >= 0.3 is 17.9 Å². The number of rotatable bonds is 7. The highest BCUT2D eigenvalue weighted by molar-refractivity contribution is 7.20. The van der Waals surface area contributed by atoms with Gasteiger partial charge in [0.15, 0.2) is 0 Å². The van der Waals surface area contributed by atoms with Gasteiger partial charge < -0.3 is 20.3 Å². The maximum Gasteiger partial charge on any atom is 0.348 e. The number of carboxylic acids is 2. The normalized spacial score (nSPS) is 11.9. The summed E-state index contributed by atoms with van der Waals surface area (Å²) in [5.41, 5.74) is 0.552. The number of esters is 1. The topological polar surface area (TPSA) is 139 Å². The van der Waals surface area contributed by atoms with Crippen LogP contribution in [0.2, 0.25) is 0 Å². The molecule has 0 spiro atoms. The van der Waals surface area contributed by atoms with E-state index < -0.39 is 30.4 Å². The molecule has 2 aromatic heterocycles. The van der Waals surface area contributed by atoms with Crippen LogP contribution < -0.4 is 5.32 Å². The van der Waals surface area contributed by atoms with Gasteiger partial charge in [-0.1, -0.05) is 0 Å². The van der Waals surface area contributed by atoms with Crippen molar-refractivity contribution < 1.29 is 29.3 Å². The number of aryl methyl sites for hydroxylation is 1. The standard InChI is InChI=1S/C14H15N3O6S/c1-3-23-14(22)10-6(2)9-11(15-5-16-12(9)24-10)17-7(13(20)21)4-8(18)19/h5,7H,3-4H2,1-2H3,(H,18,19)(H,20,21)(H,15,16,17)/t7-/m0/s1. The average Bonchev–Trinajstić information content (AvgIpc) is 2.84. The minimum absolute atomic E-state index is 0.165. The summed E-state index contributed by atoms with van der Waals surface area (Å²) in [6.07, 6.45) is 0.601. The molecule has 0 aliphatic carbocycles. The highest BCUT2D eigenvalue weighted by Gasteiger charge is 2.25. The maximum absolute atomic E-state index is 12.0. The Morgan fingerprint density at radius 1 is 1.33 bits per heavy atom. The molecule has 0 radical (unpaired) electrons. The number of carboxylic acid groups (broad SMARTS) is 2. The lowest BCUT2D eigenvalue weighted by molar-refractivity contribution is -0.144.